The number of anilines is 1. The molecule has 1 atom stereocenters. The van der Waals surface area contributed by atoms with Gasteiger partial charge in [0, 0.05) is 31.6 Å². The monoisotopic (exact) mass is 493 g/mol. The predicted molar refractivity (Wildman–Crippen MR) is 133 cm³/mol. The van der Waals surface area contributed by atoms with Gasteiger partial charge in [-0.15, -0.1) is 0 Å². The van der Waals surface area contributed by atoms with E-state index in [1.54, 1.807) is 25.1 Å². The Balaban J connectivity index is 2.17. The molecule has 2 amide bonds. The first-order valence-electron chi connectivity index (χ1n) is 10.7. The highest BCUT2D eigenvalue weighted by molar-refractivity contribution is 7.92. The minimum Gasteiger partial charge on any atom is -0.357 e. The molecule has 2 aromatic rings. The molecular weight excluding hydrogens is 462 g/mol. The van der Waals surface area contributed by atoms with Gasteiger partial charge >= 0.3 is 0 Å². The van der Waals surface area contributed by atoms with Gasteiger partial charge in [-0.05, 0) is 68.1 Å². The summed E-state index contributed by atoms with van der Waals surface area (Å²) in [5, 5.41) is 3.12. The molecule has 7 nitrogen and oxygen atoms in total. The van der Waals surface area contributed by atoms with Gasteiger partial charge in [-0.1, -0.05) is 29.8 Å². The van der Waals surface area contributed by atoms with Gasteiger partial charge in [-0.25, -0.2) is 8.42 Å². The van der Waals surface area contributed by atoms with Crippen molar-refractivity contribution in [3.8, 4) is 0 Å². The van der Waals surface area contributed by atoms with Crippen LogP contribution in [0, 0.1) is 13.8 Å². The van der Waals surface area contributed by atoms with Crippen LogP contribution >= 0.6 is 11.6 Å². The highest BCUT2D eigenvalue weighted by atomic mass is 35.5. The van der Waals surface area contributed by atoms with Crippen LogP contribution in [-0.4, -0.2) is 51.0 Å². The fourth-order valence-electron chi connectivity index (χ4n) is 3.72. The number of rotatable bonds is 10. The number of carbonyl (C=O) groups excluding carboxylic acids is 2. The Labute approximate surface area is 201 Å². The normalized spacial score (nSPS) is 12.2. The van der Waals surface area contributed by atoms with E-state index in [1.165, 1.54) is 16.3 Å². The molecule has 2 rings (SSSR count). The van der Waals surface area contributed by atoms with Crippen LogP contribution in [0.3, 0.4) is 0 Å². The molecule has 1 N–H and O–H groups in total. The number of sulfonamides is 1. The molecule has 0 aliphatic rings. The Morgan fingerprint density at radius 1 is 1.09 bits per heavy atom. The predicted octanol–water partition coefficient (Wildman–Crippen LogP) is 3.67. The summed E-state index contributed by atoms with van der Waals surface area (Å²) in [7, 11) is -2.00. The number of hydrogen-bond acceptors (Lipinski definition) is 4. The summed E-state index contributed by atoms with van der Waals surface area (Å²) in [4.78, 5) is 26.9. The first-order chi connectivity index (χ1) is 15.4. The van der Waals surface area contributed by atoms with Crippen molar-refractivity contribution in [1.29, 1.82) is 0 Å². The zero-order valence-electron chi connectivity index (χ0n) is 19.8. The number of amides is 2. The van der Waals surface area contributed by atoms with Crippen LogP contribution < -0.4 is 9.62 Å². The maximum atomic E-state index is 13.1. The Kier molecular flexibility index (Phi) is 9.31. The van der Waals surface area contributed by atoms with Crippen LogP contribution in [-0.2, 0) is 26.2 Å². The molecule has 0 radical (unpaired) electrons. The van der Waals surface area contributed by atoms with E-state index in [9.17, 15) is 18.0 Å². The maximum Gasteiger partial charge on any atom is 0.242 e. The average molecular weight is 494 g/mol. The van der Waals surface area contributed by atoms with E-state index in [1.807, 2.05) is 38.1 Å². The van der Waals surface area contributed by atoms with E-state index < -0.39 is 16.1 Å². The second-order valence-electron chi connectivity index (χ2n) is 8.23. The topological polar surface area (TPSA) is 86.8 Å². The van der Waals surface area contributed by atoms with Gasteiger partial charge in [-0.3, -0.25) is 13.9 Å². The van der Waals surface area contributed by atoms with Crippen LogP contribution in [0.5, 0.6) is 0 Å². The second kappa shape index (κ2) is 11.5. The van der Waals surface area contributed by atoms with Crippen molar-refractivity contribution in [2.24, 2.45) is 0 Å². The zero-order chi connectivity index (χ0) is 24.8. The molecule has 33 heavy (non-hydrogen) atoms. The number of benzene rings is 2. The lowest BCUT2D eigenvalue weighted by molar-refractivity contribution is -0.140. The Bertz CT molecular complexity index is 1080. The van der Waals surface area contributed by atoms with Gasteiger partial charge in [0.2, 0.25) is 21.8 Å². The first-order valence-corrected chi connectivity index (χ1v) is 13.0. The van der Waals surface area contributed by atoms with Crippen molar-refractivity contribution in [2.75, 3.05) is 24.2 Å². The summed E-state index contributed by atoms with van der Waals surface area (Å²) in [6.07, 6.45) is 1.57. The van der Waals surface area contributed by atoms with E-state index in [0.29, 0.717) is 17.1 Å². The third kappa shape index (κ3) is 7.75. The van der Waals surface area contributed by atoms with Gasteiger partial charge in [0.1, 0.15) is 6.04 Å². The fraction of sp³-hybridized carbons (Fsp3) is 0.417. The number of hydrogen-bond donors (Lipinski definition) is 1. The number of nitrogens with zero attached hydrogens (tertiary/aromatic N) is 2. The van der Waals surface area contributed by atoms with Gasteiger partial charge in [0.25, 0.3) is 0 Å². The molecule has 0 saturated heterocycles. The molecule has 0 fully saturated rings. The number of aryl methyl sites for hydroxylation is 2. The molecule has 0 aromatic heterocycles. The Hall–Kier alpha value is -2.58. The van der Waals surface area contributed by atoms with Crippen LogP contribution in [0.1, 0.15) is 36.5 Å². The van der Waals surface area contributed by atoms with E-state index in [4.69, 9.17) is 11.6 Å². The van der Waals surface area contributed by atoms with Crippen molar-refractivity contribution < 1.29 is 18.0 Å². The summed E-state index contributed by atoms with van der Waals surface area (Å²) < 4.78 is 26.2. The number of likely N-dealkylation sites (N-methyl/N-ethyl adjacent to an activating group) is 1. The third-order valence-electron chi connectivity index (χ3n) is 5.30. The third-order valence-corrected chi connectivity index (χ3v) is 6.73. The smallest absolute Gasteiger partial charge is 0.242 e. The van der Waals surface area contributed by atoms with Crippen molar-refractivity contribution in [3.05, 3.63) is 64.2 Å². The van der Waals surface area contributed by atoms with Gasteiger partial charge in [0.05, 0.1) is 11.9 Å². The molecule has 9 heteroatoms. The second-order valence-corrected chi connectivity index (χ2v) is 10.6. The molecule has 0 bridgehead atoms. The quantitative estimate of drug-likeness (QED) is 0.547. The average Bonchev–Trinajstić information content (AvgIpc) is 2.72. The molecule has 0 aliphatic carbocycles. The van der Waals surface area contributed by atoms with E-state index >= 15 is 0 Å². The van der Waals surface area contributed by atoms with Crippen LogP contribution in [0.4, 0.5) is 5.69 Å². The van der Waals surface area contributed by atoms with Crippen LogP contribution in [0.15, 0.2) is 42.5 Å². The van der Waals surface area contributed by atoms with E-state index in [-0.39, 0.29) is 31.3 Å². The summed E-state index contributed by atoms with van der Waals surface area (Å²) in [6, 6.07) is 12.0. The van der Waals surface area contributed by atoms with Crippen LogP contribution in [0.25, 0.3) is 0 Å². The van der Waals surface area contributed by atoms with Crippen molar-refractivity contribution in [2.45, 2.75) is 46.2 Å². The number of nitrogens with one attached hydrogen (secondary N) is 1. The van der Waals surface area contributed by atoms with Gasteiger partial charge < -0.3 is 10.2 Å². The summed E-state index contributed by atoms with van der Waals surface area (Å²) in [6.45, 7) is 5.87. The van der Waals surface area contributed by atoms with Crippen molar-refractivity contribution in [3.63, 3.8) is 0 Å². The van der Waals surface area contributed by atoms with E-state index in [0.717, 1.165) is 22.9 Å². The lowest BCUT2D eigenvalue weighted by Gasteiger charge is -2.29. The van der Waals surface area contributed by atoms with E-state index in [2.05, 4.69) is 5.32 Å². The Morgan fingerprint density at radius 3 is 2.27 bits per heavy atom. The first kappa shape index (κ1) is 26.7. The highest BCUT2D eigenvalue weighted by Gasteiger charge is 2.26. The molecule has 0 saturated carbocycles. The standard InChI is InChI=1S/C24H32ClN3O4S/c1-17-12-18(2)14-22(13-17)28(33(5,31)32)11-7-10-23(29)27(19(3)24(30)26-4)16-20-8-6-9-21(25)15-20/h6,8-9,12-15,19H,7,10-11,16H2,1-5H3,(H,26,30)/t19-/m1/s1. The summed E-state index contributed by atoms with van der Waals surface area (Å²) in [5.41, 5.74) is 3.31. The lowest BCUT2D eigenvalue weighted by Crippen LogP contribution is -2.46. The molecule has 0 heterocycles. The van der Waals surface area contributed by atoms with Gasteiger partial charge in [0.15, 0.2) is 0 Å². The number of halogens is 1. The fourth-order valence-corrected chi connectivity index (χ4v) is 4.88. The zero-order valence-corrected chi connectivity index (χ0v) is 21.3. The summed E-state index contributed by atoms with van der Waals surface area (Å²) >= 11 is 6.07. The lowest BCUT2D eigenvalue weighted by atomic mass is 10.1. The molecule has 0 aliphatic heterocycles. The maximum absolute atomic E-state index is 13.1. The molecule has 0 spiro atoms. The summed E-state index contributed by atoms with van der Waals surface area (Å²) in [5.74, 6) is -0.515. The largest absolute Gasteiger partial charge is 0.357 e. The number of carbonyl (C=O) groups is 2. The van der Waals surface area contributed by atoms with Gasteiger partial charge in [-0.2, -0.15) is 0 Å². The highest BCUT2D eigenvalue weighted by Crippen LogP contribution is 2.22. The minimum absolute atomic E-state index is 0.0960. The minimum atomic E-state index is -3.53. The molecule has 0 unspecified atom stereocenters. The van der Waals surface area contributed by atoms with Crippen molar-refractivity contribution in [1.82, 2.24) is 10.2 Å². The molecule has 2 aromatic carbocycles. The molecule has 180 valence electrons. The SMILES string of the molecule is CNC(=O)[C@@H](C)N(Cc1cccc(Cl)c1)C(=O)CCCN(c1cc(C)cc(C)c1)S(C)(=O)=O. The molecular formula is C24H32ClN3O4S. The van der Waals surface area contributed by atoms with Crippen LogP contribution in [0.2, 0.25) is 5.02 Å². The van der Waals surface area contributed by atoms with Crippen molar-refractivity contribution >= 4 is 39.1 Å². The Morgan fingerprint density at radius 2 is 1.73 bits per heavy atom.